The van der Waals surface area contributed by atoms with E-state index >= 15 is 0 Å². The average molecular weight is 247 g/mol. The summed E-state index contributed by atoms with van der Waals surface area (Å²) in [5.41, 5.74) is 1.74. The molecule has 1 aliphatic heterocycles. The lowest BCUT2D eigenvalue weighted by molar-refractivity contribution is 0.169. The lowest BCUT2D eigenvalue weighted by Gasteiger charge is -2.21. The van der Waals surface area contributed by atoms with E-state index < -0.39 is 0 Å². The first-order valence-corrected chi connectivity index (χ1v) is 6.75. The maximum absolute atomic E-state index is 5.70. The van der Waals surface area contributed by atoms with E-state index in [1.165, 1.54) is 12.0 Å². The van der Waals surface area contributed by atoms with Crippen molar-refractivity contribution in [2.24, 2.45) is 11.3 Å². The number of nitrogens with one attached hydrogen (secondary N) is 1. The number of benzene rings is 1. The summed E-state index contributed by atoms with van der Waals surface area (Å²) < 4.78 is 11.3. The van der Waals surface area contributed by atoms with Gasteiger partial charge in [-0.3, -0.25) is 0 Å². The molecule has 0 spiro atoms. The molecule has 3 rings (SSSR count). The average Bonchev–Trinajstić information content (AvgIpc) is 2.97. The monoisotopic (exact) mass is 247 g/mol. The van der Waals surface area contributed by atoms with Crippen molar-refractivity contribution in [3.05, 3.63) is 23.8 Å². The van der Waals surface area contributed by atoms with Crippen molar-refractivity contribution in [3.8, 4) is 11.5 Å². The molecule has 0 bridgehead atoms. The van der Waals surface area contributed by atoms with Crippen LogP contribution in [0.3, 0.4) is 0 Å². The molecular formula is C15H21NO2. The SMILES string of the molecule is CC1(C)CC1CNCc1cccc2c1OCCO2. The normalized spacial score (nSPS) is 23.8. The van der Waals surface area contributed by atoms with Gasteiger partial charge < -0.3 is 14.8 Å². The third-order valence-corrected chi connectivity index (χ3v) is 4.07. The van der Waals surface area contributed by atoms with Gasteiger partial charge in [-0.2, -0.15) is 0 Å². The Kier molecular flexibility index (Phi) is 2.94. The van der Waals surface area contributed by atoms with E-state index in [4.69, 9.17) is 9.47 Å². The van der Waals surface area contributed by atoms with Crippen LogP contribution in [0.15, 0.2) is 18.2 Å². The van der Waals surface area contributed by atoms with Crippen molar-refractivity contribution in [1.82, 2.24) is 5.32 Å². The van der Waals surface area contributed by atoms with Crippen LogP contribution in [-0.2, 0) is 6.54 Å². The van der Waals surface area contributed by atoms with E-state index in [-0.39, 0.29) is 0 Å². The summed E-state index contributed by atoms with van der Waals surface area (Å²) in [6.07, 6.45) is 1.34. The number of ether oxygens (including phenoxy) is 2. The summed E-state index contributed by atoms with van der Waals surface area (Å²) >= 11 is 0. The van der Waals surface area contributed by atoms with Gasteiger partial charge in [-0.05, 0) is 30.4 Å². The first-order chi connectivity index (χ1) is 8.67. The highest BCUT2D eigenvalue weighted by atomic mass is 16.6. The molecular weight excluding hydrogens is 226 g/mol. The Morgan fingerprint density at radius 2 is 2.06 bits per heavy atom. The van der Waals surface area contributed by atoms with Crippen molar-refractivity contribution >= 4 is 0 Å². The molecule has 3 heteroatoms. The minimum absolute atomic E-state index is 0.544. The second-order valence-corrected chi connectivity index (χ2v) is 5.96. The largest absolute Gasteiger partial charge is 0.486 e. The molecule has 1 aromatic rings. The van der Waals surface area contributed by atoms with Crippen molar-refractivity contribution in [3.63, 3.8) is 0 Å². The second kappa shape index (κ2) is 4.47. The van der Waals surface area contributed by atoms with Crippen LogP contribution in [0.4, 0.5) is 0 Å². The molecule has 3 nitrogen and oxygen atoms in total. The number of fused-ring (bicyclic) bond motifs is 1. The summed E-state index contributed by atoms with van der Waals surface area (Å²) in [6.45, 7) is 7.93. The standard InChI is InChI=1S/C15H21NO2/c1-15(2)8-12(15)10-16-9-11-4-3-5-13-14(11)18-7-6-17-13/h3-5,12,16H,6-10H2,1-2H3. The Labute approximate surface area is 108 Å². The Bertz CT molecular complexity index is 442. The molecule has 1 aliphatic carbocycles. The molecule has 98 valence electrons. The summed E-state index contributed by atoms with van der Waals surface area (Å²) in [5.74, 6) is 2.63. The van der Waals surface area contributed by atoms with Crippen molar-refractivity contribution in [2.75, 3.05) is 19.8 Å². The quantitative estimate of drug-likeness (QED) is 0.887. The fourth-order valence-electron chi connectivity index (χ4n) is 2.58. The molecule has 18 heavy (non-hydrogen) atoms. The van der Waals surface area contributed by atoms with Crippen LogP contribution >= 0.6 is 0 Å². The Morgan fingerprint density at radius 1 is 1.28 bits per heavy atom. The van der Waals surface area contributed by atoms with Crippen LogP contribution in [-0.4, -0.2) is 19.8 Å². The molecule has 1 fully saturated rings. The van der Waals surface area contributed by atoms with Crippen molar-refractivity contribution in [1.29, 1.82) is 0 Å². The first kappa shape index (κ1) is 11.8. The molecule has 1 aromatic carbocycles. The lowest BCUT2D eigenvalue weighted by Crippen LogP contribution is -2.21. The van der Waals surface area contributed by atoms with Gasteiger partial charge in [0.2, 0.25) is 0 Å². The third kappa shape index (κ3) is 2.32. The van der Waals surface area contributed by atoms with Crippen LogP contribution in [0.5, 0.6) is 11.5 Å². The van der Waals surface area contributed by atoms with Crippen LogP contribution in [0.1, 0.15) is 25.8 Å². The highest BCUT2D eigenvalue weighted by Crippen LogP contribution is 2.51. The molecule has 1 N–H and O–H groups in total. The minimum Gasteiger partial charge on any atom is -0.486 e. The number of para-hydroxylation sites is 1. The van der Waals surface area contributed by atoms with Gasteiger partial charge in [0, 0.05) is 12.1 Å². The van der Waals surface area contributed by atoms with Gasteiger partial charge in [0.25, 0.3) is 0 Å². The highest BCUT2D eigenvalue weighted by Gasteiger charge is 2.44. The molecule has 0 amide bonds. The van der Waals surface area contributed by atoms with Gasteiger partial charge in [0.15, 0.2) is 11.5 Å². The first-order valence-electron chi connectivity index (χ1n) is 6.75. The maximum Gasteiger partial charge on any atom is 0.165 e. The summed E-state index contributed by atoms with van der Waals surface area (Å²) in [5, 5.41) is 3.53. The van der Waals surface area contributed by atoms with Gasteiger partial charge >= 0.3 is 0 Å². The molecule has 0 saturated heterocycles. The van der Waals surface area contributed by atoms with Crippen LogP contribution < -0.4 is 14.8 Å². The van der Waals surface area contributed by atoms with Gasteiger partial charge in [-0.1, -0.05) is 26.0 Å². The van der Waals surface area contributed by atoms with Gasteiger partial charge in [-0.25, -0.2) is 0 Å². The molecule has 1 atom stereocenters. The van der Waals surface area contributed by atoms with E-state index in [9.17, 15) is 0 Å². The number of rotatable bonds is 4. The Hall–Kier alpha value is -1.22. The fraction of sp³-hybridized carbons (Fsp3) is 0.600. The van der Waals surface area contributed by atoms with E-state index in [2.05, 4.69) is 25.2 Å². The van der Waals surface area contributed by atoms with E-state index in [1.54, 1.807) is 0 Å². The summed E-state index contributed by atoms with van der Waals surface area (Å²) in [4.78, 5) is 0. The van der Waals surface area contributed by atoms with Crippen LogP contribution in [0.25, 0.3) is 0 Å². The highest BCUT2D eigenvalue weighted by molar-refractivity contribution is 5.47. The Balaban J connectivity index is 1.59. The zero-order chi connectivity index (χ0) is 12.6. The molecule has 1 saturated carbocycles. The molecule has 1 heterocycles. The Morgan fingerprint density at radius 3 is 2.83 bits per heavy atom. The van der Waals surface area contributed by atoms with Gasteiger partial charge in [0.1, 0.15) is 13.2 Å². The summed E-state index contributed by atoms with van der Waals surface area (Å²) in [7, 11) is 0. The van der Waals surface area contributed by atoms with E-state index in [0.717, 1.165) is 30.5 Å². The van der Waals surface area contributed by atoms with Gasteiger partial charge in [-0.15, -0.1) is 0 Å². The maximum atomic E-state index is 5.70. The molecule has 2 aliphatic rings. The predicted molar refractivity (Wildman–Crippen MR) is 71.0 cm³/mol. The zero-order valence-corrected chi connectivity index (χ0v) is 11.2. The smallest absolute Gasteiger partial charge is 0.165 e. The van der Waals surface area contributed by atoms with Crippen LogP contribution in [0.2, 0.25) is 0 Å². The number of hydrogen-bond acceptors (Lipinski definition) is 3. The van der Waals surface area contributed by atoms with Crippen molar-refractivity contribution < 1.29 is 9.47 Å². The minimum atomic E-state index is 0.544. The van der Waals surface area contributed by atoms with Crippen LogP contribution in [0, 0.1) is 11.3 Å². The molecule has 1 unspecified atom stereocenters. The van der Waals surface area contributed by atoms with Gasteiger partial charge in [0.05, 0.1) is 0 Å². The van der Waals surface area contributed by atoms with E-state index in [0.29, 0.717) is 18.6 Å². The second-order valence-electron chi connectivity index (χ2n) is 5.96. The molecule has 0 aromatic heterocycles. The number of hydrogen-bond donors (Lipinski definition) is 1. The zero-order valence-electron chi connectivity index (χ0n) is 11.2. The predicted octanol–water partition coefficient (Wildman–Crippen LogP) is 2.59. The van der Waals surface area contributed by atoms with E-state index in [1.807, 2.05) is 12.1 Å². The summed E-state index contributed by atoms with van der Waals surface area (Å²) in [6, 6.07) is 6.12. The fourth-order valence-corrected chi connectivity index (χ4v) is 2.58. The lowest BCUT2D eigenvalue weighted by atomic mass is 10.1. The van der Waals surface area contributed by atoms with Crippen molar-refractivity contribution in [2.45, 2.75) is 26.8 Å². The third-order valence-electron chi connectivity index (χ3n) is 4.07. The topological polar surface area (TPSA) is 30.5 Å². The molecule has 0 radical (unpaired) electrons.